The van der Waals surface area contributed by atoms with E-state index >= 15 is 0 Å². The maximum absolute atomic E-state index is 10.5. The van der Waals surface area contributed by atoms with Crippen LogP contribution < -0.4 is 0 Å². The molecule has 2 saturated heterocycles. The average Bonchev–Trinajstić information content (AvgIpc) is 2.83. The van der Waals surface area contributed by atoms with Gasteiger partial charge in [0.25, 0.3) is 0 Å². The van der Waals surface area contributed by atoms with E-state index in [2.05, 4.69) is 16.8 Å². The first-order chi connectivity index (χ1) is 7.65. The molecule has 0 aliphatic carbocycles. The lowest BCUT2D eigenvalue weighted by Gasteiger charge is -2.23. The largest absolute Gasteiger partial charge is 0.481 e. The molecule has 92 valence electrons. The van der Waals surface area contributed by atoms with Crippen LogP contribution in [0.15, 0.2) is 0 Å². The fourth-order valence-corrected chi connectivity index (χ4v) is 2.97. The van der Waals surface area contributed by atoms with Crippen LogP contribution in [0.3, 0.4) is 0 Å². The number of hydrogen-bond donors (Lipinski definition) is 1. The standard InChI is InChI=1S/C12H22N2O2/c1-13-6-5-11(9-13)14-7-4-10(8-14)2-3-12(15)16/h10-11H,2-9H2,1H3,(H,15,16). The lowest BCUT2D eigenvalue weighted by atomic mass is 10.0. The molecule has 4 nitrogen and oxygen atoms in total. The van der Waals surface area contributed by atoms with Gasteiger partial charge < -0.3 is 10.0 Å². The third-order valence-corrected chi connectivity index (χ3v) is 3.97. The van der Waals surface area contributed by atoms with E-state index in [0.717, 1.165) is 19.0 Å². The maximum atomic E-state index is 10.5. The van der Waals surface area contributed by atoms with Gasteiger partial charge in [-0.25, -0.2) is 0 Å². The normalized spacial score (nSPS) is 32.3. The number of carboxylic acids is 1. The molecule has 4 heteroatoms. The summed E-state index contributed by atoms with van der Waals surface area (Å²) in [4.78, 5) is 15.5. The molecule has 0 saturated carbocycles. The van der Waals surface area contributed by atoms with Crippen LogP contribution in [0.4, 0.5) is 0 Å². The minimum atomic E-state index is -0.654. The topological polar surface area (TPSA) is 43.8 Å². The second kappa shape index (κ2) is 5.15. The number of nitrogens with zero attached hydrogens (tertiary/aromatic N) is 2. The van der Waals surface area contributed by atoms with Crippen LogP contribution in [0.5, 0.6) is 0 Å². The molecule has 0 bridgehead atoms. The molecule has 16 heavy (non-hydrogen) atoms. The van der Waals surface area contributed by atoms with Crippen molar-refractivity contribution in [3.8, 4) is 0 Å². The molecular formula is C12H22N2O2. The van der Waals surface area contributed by atoms with Gasteiger partial charge in [-0.1, -0.05) is 0 Å². The van der Waals surface area contributed by atoms with Crippen molar-refractivity contribution in [1.29, 1.82) is 0 Å². The number of likely N-dealkylation sites (N-methyl/N-ethyl adjacent to an activating group) is 1. The molecule has 2 unspecified atom stereocenters. The van der Waals surface area contributed by atoms with E-state index in [1.54, 1.807) is 0 Å². The molecule has 0 radical (unpaired) electrons. The van der Waals surface area contributed by atoms with Crippen LogP contribution in [-0.4, -0.2) is 60.1 Å². The Hall–Kier alpha value is -0.610. The molecule has 2 aliphatic heterocycles. The van der Waals surface area contributed by atoms with Crippen LogP contribution in [0.1, 0.15) is 25.7 Å². The van der Waals surface area contributed by atoms with E-state index < -0.39 is 5.97 Å². The summed E-state index contributed by atoms with van der Waals surface area (Å²) in [7, 11) is 2.18. The van der Waals surface area contributed by atoms with Crippen LogP contribution in [-0.2, 0) is 4.79 Å². The molecule has 0 aromatic heterocycles. The lowest BCUT2D eigenvalue weighted by Crippen LogP contribution is -2.35. The molecule has 0 aromatic rings. The summed E-state index contributed by atoms with van der Waals surface area (Å²) in [5.41, 5.74) is 0. The minimum Gasteiger partial charge on any atom is -0.481 e. The first-order valence-electron chi connectivity index (χ1n) is 6.29. The second-order valence-corrected chi connectivity index (χ2v) is 5.29. The van der Waals surface area contributed by atoms with Crippen molar-refractivity contribution in [3.05, 3.63) is 0 Å². The number of aliphatic carboxylic acids is 1. The molecule has 2 heterocycles. The molecule has 2 atom stereocenters. The Labute approximate surface area is 97.2 Å². The predicted molar refractivity (Wildman–Crippen MR) is 62.5 cm³/mol. The van der Waals surface area contributed by atoms with Gasteiger partial charge in [0.2, 0.25) is 0 Å². The number of likely N-dealkylation sites (tertiary alicyclic amines) is 2. The quantitative estimate of drug-likeness (QED) is 0.773. The van der Waals surface area contributed by atoms with Crippen LogP contribution >= 0.6 is 0 Å². The van der Waals surface area contributed by atoms with Crippen molar-refractivity contribution in [3.63, 3.8) is 0 Å². The van der Waals surface area contributed by atoms with Gasteiger partial charge in [-0.2, -0.15) is 0 Å². The van der Waals surface area contributed by atoms with Crippen molar-refractivity contribution in [2.24, 2.45) is 5.92 Å². The lowest BCUT2D eigenvalue weighted by molar-refractivity contribution is -0.137. The summed E-state index contributed by atoms with van der Waals surface area (Å²) in [6.45, 7) is 4.68. The number of rotatable bonds is 4. The molecular weight excluding hydrogens is 204 g/mol. The smallest absolute Gasteiger partial charge is 0.303 e. The monoisotopic (exact) mass is 226 g/mol. The van der Waals surface area contributed by atoms with Crippen LogP contribution in [0.25, 0.3) is 0 Å². The fraction of sp³-hybridized carbons (Fsp3) is 0.917. The summed E-state index contributed by atoms with van der Waals surface area (Å²) in [6.07, 6.45) is 3.66. The molecule has 0 amide bonds. The van der Waals surface area contributed by atoms with Crippen LogP contribution in [0, 0.1) is 5.92 Å². The van der Waals surface area contributed by atoms with E-state index in [4.69, 9.17) is 5.11 Å². The molecule has 1 N–H and O–H groups in total. The van der Waals surface area contributed by atoms with E-state index in [1.165, 1.54) is 32.5 Å². The first kappa shape index (κ1) is 11.9. The summed E-state index contributed by atoms with van der Waals surface area (Å²) in [5.74, 6) is -0.0407. The summed E-state index contributed by atoms with van der Waals surface area (Å²) in [6, 6.07) is 0.722. The van der Waals surface area contributed by atoms with Gasteiger partial charge in [0, 0.05) is 25.6 Å². The van der Waals surface area contributed by atoms with E-state index in [1.807, 2.05) is 0 Å². The fourth-order valence-electron chi connectivity index (χ4n) is 2.97. The highest BCUT2D eigenvalue weighted by molar-refractivity contribution is 5.66. The highest BCUT2D eigenvalue weighted by atomic mass is 16.4. The van der Waals surface area contributed by atoms with Gasteiger partial charge in [0.15, 0.2) is 0 Å². The Morgan fingerprint density at radius 1 is 1.31 bits per heavy atom. The van der Waals surface area contributed by atoms with Gasteiger partial charge in [0.1, 0.15) is 0 Å². The zero-order chi connectivity index (χ0) is 11.5. The summed E-state index contributed by atoms with van der Waals surface area (Å²) in [5, 5.41) is 8.67. The summed E-state index contributed by atoms with van der Waals surface area (Å²) < 4.78 is 0. The van der Waals surface area contributed by atoms with Gasteiger partial charge >= 0.3 is 5.97 Å². The predicted octanol–water partition coefficient (Wildman–Crippen LogP) is 0.877. The van der Waals surface area contributed by atoms with Gasteiger partial charge in [-0.15, -0.1) is 0 Å². The van der Waals surface area contributed by atoms with Crippen molar-refractivity contribution in [2.75, 3.05) is 33.2 Å². The maximum Gasteiger partial charge on any atom is 0.303 e. The Kier molecular flexibility index (Phi) is 3.82. The number of carbonyl (C=O) groups is 1. The van der Waals surface area contributed by atoms with Crippen molar-refractivity contribution in [1.82, 2.24) is 9.80 Å². The molecule has 2 fully saturated rings. The zero-order valence-electron chi connectivity index (χ0n) is 10.1. The molecule has 2 rings (SSSR count). The van der Waals surface area contributed by atoms with E-state index in [0.29, 0.717) is 12.3 Å². The average molecular weight is 226 g/mol. The Morgan fingerprint density at radius 2 is 2.12 bits per heavy atom. The van der Waals surface area contributed by atoms with E-state index in [9.17, 15) is 4.79 Å². The molecule has 2 aliphatic rings. The van der Waals surface area contributed by atoms with Crippen LogP contribution in [0.2, 0.25) is 0 Å². The van der Waals surface area contributed by atoms with E-state index in [-0.39, 0.29) is 0 Å². The van der Waals surface area contributed by atoms with Gasteiger partial charge in [0.05, 0.1) is 0 Å². The third kappa shape index (κ3) is 2.95. The third-order valence-electron chi connectivity index (χ3n) is 3.97. The first-order valence-corrected chi connectivity index (χ1v) is 6.29. The molecule has 0 spiro atoms. The van der Waals surface area contributed by atoms with Crippen molar-refractivity contribution in [2.45, 2.75) is 31.7 Å². The number of hydrogen-bond acceptors (Lipinski definition) is 3. The Balaban J connectivity index is 1.73. The summed E-state index contributed by atoms with van der Waals surface area (Å²) >= 11 is 0. The Bertz CT molecular complexity index is 257. The number of carboxylic acid groups (broad SMARTS) is 1. The SMILES string of the molecule is CN1CCC(N2CCC(CCC(=O)O)C2)C1. The zero-order valence-corrected chi connectivity index (χ0v) is 10.1. The van der Waals surface area contributed by atoms with Gasteiger partial charge in [-0.05, 0) is 45.3 Å². The van der Waals surface area contributed by atoms with Gasteiger partial charge in [-0.3, -0.25) is 9.69 Å². The van der Waals surface area contributed by atoms with Crippen molar-refractivity contribution < 1.29 is 9.90 Å². The second-order valence-electron chi connectivity index (χ2n) is 5.29. The highest BCUT2D eigenvalue weighted by Crippen LogP contribution is 2.25. The molecule has 0 aromatic carbocycles. The minimum absolute atomic E-state index is 0.336. The highest BCUT2D eigenvalue weighted by Gasteiger charge is 2.31. The Morgan fingerprint density at radius 3 is 2.75 bits per heavy atom. The van der Waals surface area contributed by atoms with Crippen molar-refractivity contribution >= 4 is 5.97 Å².